The molecule has 1 aliphatic rings. The second-order valence-corrected chi connectivity index (χ2v) is 4.89. The number of hydrogen-bond donors (Lipinski definition) is 2. The van der Waals surface area contributed by atoms with Crippen LogP contribution in [0.2, 0.25) is 5.02 Å². The lowest BCUT2D eigenvalue weighted by atomic mass is 10.1. The Kier molecular flexibility index (Phi) is 4.20. The van der Waals surface area contributed by atoms with Crippen LogP contribution in [0.15, 0.2) is 18.2 Å². The van der Waals surface area contributed by atoms with Gasteiger partial charge in [0.05, 0.1) is 16.7 Å². The Balaban J connectivity index is 2.09. The Labute approximate surface area is 111 Å². The first-order valence-electron chi connectivity index (χ1n) is 5.62. The van der Waals surface area contributed by atoms with E-state index in [1.807, 2.05) is 12.1 Å². The summed E-state index contributed by atoms with van der Waals surface area (Å²) in [5.74, 6) is 0. The molecule has 1 fully saturated rings. The Hall–Kier alpha value is -0.840. The number of benzene rings is 1. The number of nitrogens with one attached hydrogen (secondary N) is 1. The van der Waals surface area contributed by atoms with Gasteiger partial charge in [0.1, 0.15) is 4.99 Å². The fourth-order valence-corrected chi connectivity index (χ4v) is 2.50. The molecule has 0 saturated carbocycles. The van der Waals surface area contributed by atoms with E-state index in [-0.39, 0.29) is 6.10 Å². The summed E-state index contributed by atoms with van der Waals surface area (Å²) in [7, 11) is 0. The van der Waals surface area contributed by atoms with Gasteiger partial charge in [-0.2, -0.15) is 0 Å². The third-order valence-corrected chi connectivity index (χ3v) is 3.32. The van der Waals surface area contributed by atoms with Crippen LogP contribution in [0.3, 0.4) is 0 Å². The van der Waals surface area contributed by atoms with E-state index in [0.717, 1.165) is 31.7 Å². The first-order chi connectivity index (χ1) is 8.18. The molecular weight excluding hydrogens is 256 g/mol. The third kappa shape index (κ3) is 3.09. The van der Waals surface area contributed by atoms with E-state index < -0.39 is 0 Å². The summed E-state index contributed by atoms with van der Waals surface area (Å²) in [6.07, 6.45) is 2.49. The van der Waals surface area contributed by atoms with E-state index in [9.17, 15) is 0 Å². The van der Waals surface area contributed by atoms with Crippen molar-refractivity contribution in [3.05, 3.63) is 28.8 Å². The van der Waals surface area contributed by atoms with Gasteiger partial charge in [0.25, 0.3) is 0 Å². The Morgan fingerprint density at radius 2 is 2.41 bits per heavy atom. The molecule has 3 N–H and O–H groups in total. The van der Waals surface area contributed by atoms with E-state index in [0.29, 0.717) is 15.6 Å². The Morgan fingerprint density at radius 3 is 3.06 bits per heavy atom. The molecular formula is C12H15ClN2OS. The smallest absolute Gasteiger partial charge is 0.107 e. The van der Waals surface area contributed by atoms with Gasteiger partial charge in [0.2, 0.25) is 0 Å². The van der Waals surface area contributed by atoms with Crippen LogP contribution >= 0.6 is 23.8 Å². The van der Waals surface area contributed by atoms with Crippen molar-refractivity contribution in [1.29, 1.82) is 0 Å². The fourth-order valence-electron chi connectivity index (χ4n) is 1.95. The number of ether oxygens (including phenoxy) is 1. The van der Waals surface area contributed by atoms with E-state index in [2.05, 4.69) is 5.32 Å². The van der Waals surface area contributed by atoms with Gasteiger partial charge in [-0.15, -0.1) is 0 Å². The number of rotatable bonds is 4. The molecule has 0 amide bonds. The summed E-state index contributed by atoms with van der Waals surface area (Å²) < 4.78 is 5.55. The molecule has 17 heavy (non-hydrogen) atoms. The molecule has 5 heteroatoms. The van der Waals surface area contributed by atoms with Crippen LogP contribution in [0.4, 0.5) is 5.69 Å². The maximum absolute atomic E-state index is 6.08. The monoisotopic (exact) mass is 270 g/mol. The van der Waals surface area contributed by atoms with Crippen LogP contribution in [0.25, 0.3) is 0 Å². The maximum Gasteiger partial charge on any atom is 0.107 e. The van der Waals surface area contributed by atoms with Crippen LogP contribution in [-0.4, -0.2) is 24.2 Å². The molecule has 1 aliphatic heterocycles. The van der Waals surface area contributed by atoms with Crippen molar-refractivity contribution in [2.24, 2.45) is 5.73 Å². The van der Waals surface area contributed by atoms with Crippen molar-refractivity contribution >= 4 is 34.5 Å². The van der Waals surface area contributed by atoms with Crippen LogP contribution in [0.5, 0.6) is 0 Å². The molecule has 2 rings (SSSR count). The summed E-state index contributed by atoms with van der Waals surface area (Å²) in [6.45, 7) is 1.61. The Bertz CT molecular complexity index is 419. The van der Waals surface area contributed by atoms with Crippen molar-refractivity contribution in [3.8, 4) is 0 Å². The van der Waals surface area contributed by atoms with E-state index in [4.69, 9.17) is 34.3 Å². The predicted octanol–water partition coefficient (Wildman–Crippen LogP) is 2.57. The summed E-state index contributed by atoms with van der Waals surface area (Å²) in [5, 5.41) is 3.88. The summed E-state index contributed by atoms with van der Waals surface area (Å²) in [5.41, 5.74) is 7.26. The molecule has 0 bridgehead atoms. The minimum Gasteiger partial charge on any atom is -0.389 e. The highest BCUT2D eigenvalue weighted by Gasteiger charge is 2.16. The molecule has 0 spiro atoms. The average Bonchev–Trinajstić information content (AvgIpc) is 2.78. The summed E-state index contributed by atoms with van der Waals surface area (Å²) >= 11 is 11.1. The lowest BCUT2D eigenvalue weighted by Gasteiger charge is -2.15. The quantitative estimate of drug-likeness (QED) is 0.826. The molecule has 0 aromatic heterocycles. The molecule has 1 aromatic rings. The van der Waals surface area contributed by atoms with Crippen molar-refractivity contribution in [1.82, 2.24) is 0 Å². The van der Waals surface area contributed by atoms with Crippen LogP contribution in [0.1, 0.15) is 18.4 Å². The standard InChI is InChI=1S/C12H15ClN2OS/c13-9-4-1-5-10(11(9)12(14)17)15-7-8-3-2-6-16-8/h1,4-5,8,15H,2-3,6-7H2,(H2,14,17). The van der Waals surface area contributed by atoms with Crippen molar-refractivity contribution in [3.63, 3.8) is 0 Å². The first-order valence-corrected chi connectivity index (χ1v) is 6.41. The molecule has 0 aliphatic carbocycles. The SMILES string of the molecule is NC(=S)c1c(Cl)cccc1NCC1CCCO1. The molecule has 1 atom stereocenters. The van der Waals surface area contributed by atoms with Gasteiger partial charge in [0.15, 0.2) is 0 Å². The summed E-state index contributed by atoms with van der Waals surface area (Å²) in [4.78, 5) is 0.311. The average molecular weight is 271 g/mol. The van der Waals surface area contributed by atoms with E-state index >= 15 is 0 Å². The van der Waals surface area contributed by atoms with Crippen LogP contribution in [0, 0.1) is 0 Å². The zero-order valence-corrected chi connectivity index (χ0v) is 11.0. The first kappa shape index (κ1) is 12.6. The molecule has 1 aromatic carbocycles. The van der Waals surface area contributed by atoms with Crippen molar-refractivity contribution < 1.29 is 4.74 Å². The summed E-state index contributed by atoms with van der Waals surface area (Å²) in [6, 6.07) is 5.59. The lowest BCUT2D eigenvalue weighted by molar-refractivity contribution is 0.120. The Morgan fingerprint density at radius 1 is 1.59 bits per heavy atom. The molecule has 1 saturated heterocycles. The molecule has 1 heterocycles. The van der Waals surface area contributed by atoms with Gasteiger partial charge in [-0.25, -0.2) is 0 Å². The van der Waals surface area contributed by atoms with E-state index in [1.54, 1.807) is 6.07 Å². The number of anilines is 1. The zero-order chi connectivity index (χ0) is 12.3. The highest BCUT2D eigenvalue weighted by molar-refractivity contribution is 7.80. The van der Waals surface area contributed by atoms with Gasteiger partial charge in [0, 0.05) is 18.8 Å². The highest BCUT2D eigenvalue weighted by atomic mass is 35.5. The minimum atomic E-state index is 0.271. The van der Waals surface area contributed by atoms with Gasteiger partial charge >= 0.3 is 0 Å². The molecule has 3 nitrogen and oxygen atoms in total. The van der Waals surface area contributed by atoms with Crippen LogP contribution in [-0.2, 0) is 4.74 Å². The fraction of sp³-hybridized carbons (Fsp3) is 0.417. The van der Waals surface area contributed by atoms with E-state index in [1.165, 1.54) is 0 Å². The minimum absolute atomic E-state index is 0.271. The van der Waals surface area contributed by atoms with Crippen molar-refractivity contribution in [2.45, 2.75) is 18.9 Å². The third-order valence-electron chi connectivity index (χ3n) is 2.80. The number of thiocarbonyl (C=S) groups is 1. The van der Waals surface area contributed by atoms with Gasteiger partial charge in [-0.1, -0.05) is 29.9 Å². The molecule has 1 unspecified atom stereocenters. The van der Waals surface area contributed by atoms with Gasteiger partial charge < -0.3 is 15.8 Å². The largest absolute Gasteiger partial charge is 0.389 e. The topological polar surface area (TPSA) is 47.3 Å². The highest BCUT2D eigenvalue weighted by Crippen LogP contribution is 2.24. The van der Waals surface area contributed by atoms with Crippen molar-refractivity contribution in [2.75, 3.05) is 18.5 Å². The number of hydrogen-bond acceptors (Lipinski definition) is 3. The second kappa shape index (κ2) is 5.67. The maximum atomic E-state index is 6.08. The number of nitrogens with two attached hydrogens (primary N) is 1. The van der Waals surface area contributed by atoms with Crippen LogP contribution < -0.4 is 11.1 Å². The zero-order valence-electron chi connectivity index (χ0n) is 9.41. The van der Waals surface area contributed by atoms with Gasteiger partial charge in [-0.3, -0.25) is 0 Å². The lowest BCUT2D eigenvalue weighted by Crippen LogP contribution is -2.21. The van der Waals surface area contributed by atoms with Gasteiger partial charge in [-0.05, 0) is 25.0 Å². The number of halogens is 1. The molecule has 92 valence electrons. The predicted molar refractivity (Wildman–Crippen MR) is 74.8 cm³/mol. The normalized spacial score (nSPS) is 19.2. The second-order valence-electron chi connectivity index (χ2n) is 4.04. The molecule has 0 radical (unpaired) electrons.